The van der Waals surface area contributed by atoms with Crippen LogP contribution in [0.15, 0.2) is 59.5 Å². The molecule has 4 rings (SSSR count). The van der Waals surface area contributed by atoms with Gasteiger partial charge in [-0.05, 0) is 36.4 Å². The van der Waals surface area contributed by atoms with Gasteiger partial charge in [0.05, 0.1) is 33.9 Å². The van der Waals surface area contributed by atoms with Crippen LogP contribution in [0.3, 0.4) is 0 Å². The van der Waals surface area contributed by atoms with Crippen LogP contribution in [-0.2, 0) is 0 Å². The molecule has 0 bridgehead atoms. The number of rotatable bonds is 4. The van der Waals surface area contributed by atoms with Gasteiger partial charge >= 0.3 is 0 Å². The normalized spacial score (nSPS) is 12.3. The van der Waals surface area contributed by atoms with Crippen LogP contribution in [0, 0.1) is 5.82 Å². The van der Waals surface area contributed by atoms with Crippen molar-refractivity contribution in [2.24, 2.45) is 0 Å². The Morgan fingerprint density at radius 1 is 1.19 bits per heavy atom. The summed E-state index contributed by atoms with van der Waals surface area (Å²) in [6.45, 7) is 0. The number of nitrogens with one attached hydrogen (secondary N) is 2. The van der Waals surface area contributed by atoms with Crippen molar-refractivity contribution in [1.82, 2.24) is 15.0 Å². The van der Waals surface area contributed by atoms with Crippen molar-refractivity contribution in [3.8, 4) is 0 Å². The van der Waals surface area contributed by atoms with Gasteiger partial charge in [0.1, 0.15) is 11.6 Å². The molecule has 0 amide bonds. The second kappa shape index (κ2) is 7.26. The molecular weight excluding hydrogens is 435 g/mol. The fourth-order valence-electron chi connectivity index (χ4n) is 2.83. The van der Waals surface area contributed by atoms with E-state index in [2.05, 4.69) is 36.2 Å². The van der Waals surface area contributed by atoms with Crippen molar-refractivity contribution in [1.29, 1.82) is 0 Å². The topological polar surface area (TPSA) is 73.8 Å². The number of H-pyrrole nitrogens is 1. The number of benzene rings is 2. The summed E-state index contributed by atoms with van der Waals surface area (Å²) in [5, 5.41) is 14.2. The summed E-state index contributed by atoms with van der Waals surface area (Å²) in [7, 11) is 0. The van der Waals surface area contributed by atoms with Gasteiger partial charge in [-0.1, -0.05) is 33.6 Å². The molecule has 2 aromatic carbocycles. The molecule has 8 heteroatoms. The average molecular weight is 448 g/mol. The third-order valence-corrected chi connectivity index (χ3v) is 4.94. The number of halogens is 3. The highest BCUT2D eigenvalue weighted by atomic mass is 79.9. The highest BCUT2D eigenvalue weighted by Gasteiger charge is 2.23. The molecule has 0 saturated heterocycles. The number of imidazole rings is 1. The van der Waals surface area contributed by atoms with Crippen molar-refractivity contribution < 1.29 is 9.50 Å². The first kappa shape index (κ1) is 17.9. The minimum atomic E-state index is -1.13. The van der Waals surface area contributed by atoms with E-state index in [1.54, 1.807) is 48.7 Å². The zero-order chi connectivity index (χ0) is 19.0. The van der Waals surface area contributed by atoms with Crippen LogP contribution < -0.4 is 5.32 Å². The maximum atomic E-state index is 15.2. The van der Waals surface area contributed by atoms with Crippen LogP contribution in [0.2, 0.25) is 5.02 Å². The molecular formula is C19H13BrClFN4O. The Kier molecular flexibility index (Phi) is 4.82. The molecule has 0 fully saturated rings. The van der Waals surface area contributed by atoms with Crippen LogP contribution >= 0.6 is 27.5 Å². The molecule has 0 saturated carbocycles. The molecule has 27 heavy (non-hydrogen) atoms. The molecule has 0 radical (unpaired) electrons. The Bertz CT molecular complexity index is 1120. The minimum Gasteiger partial charge on any atom is -0.382 e. The third-order valence-electron chi connectivity index (χ3n) is 4.14. The van der Waals surface area contributed by atoms with Gasteiger partial charge in [-0.25, -0.2) is 9.37 Å². The molecule has 1 atom stereocenters. The second-order valence-corrected chi connectivity index (χ2v) is 7.18. The van der Waals surface area contributed by atoms with E-state index in [1.807, 2.05) is 0 Å². The van der Waals surface area contributed by atoms with Crippen LogP contribution in [-0.4, -0.2) is 20.1 Å². The molecule has 0 aliphatic carbocycles. The van der Waals surface area contributed by atoms with E-state index >= 15 is 4.39 Å². The summed E-state index contributed by atoms with van der Waals surface area (Å²) in [4.78, 5) is 11.1. The maximum Gasteiger partial charge on any atom is 0.174 e. The molecule has 2 heterocycles. The number of aliphatic hydroxyl groups excluding tert-OH is 1. The first-order valence-electron chi connectivity index (χ1n) is 8.01. The number of aliphatic hydroxyl groups is 1. The number of nitrogens with zero attached hydrogens (tertiary/aromatic N) is 2. The highest BCUT2D eigenvalue weighted by Crippen LogP contribution is 2.37. The first-order chi connectivity index (χ1) is 13.0. The van der Waals surface area contributed by atoms with Gasteiger partial charge in [0.15, 0.2) is 5.82 Å². The fourth-order valence-corrected chi connectivity index (χ4v) is 3.55. The van der Waals surface area contributed by atoms with E-state index < -0.39 is 11.9 Å². The molecule has 3 N–H and O–H groups in total. The van der Waals surface area contributed by atoms with E-state index in [9.17, 15) is 5.11 Å². The second-order valence-electron chi connectivity index (χ2n) is 5.86. The lowest BCUT2D eigenvalue weighted by Crippen LogP contribution is -2.08. The Labute approximate surface area is 167 Å². The van der Waals surface area contributed by atoms with Crippen LogP contribution in [0.4, 0.5) is 15.8 Å². The molecule has 0 aliphatic heterocycles. The number of pyridine rings is 1. The van der Waals surface area contributed by atoms with Crippen molar-refractivity contribution in [3.05, 3.63) is 81.6 Å². The number of aromatic nitrogens is 3. The zero-order valence-electron chi connectivity index (χ0n) is 13.7. The number of aromatic amines is 1. The lowest BCUT2D eigenvalue weighted by Gasteiger charge is -2.18. The smallest absolute Gasteiger partial charge is 0.174 e. The van der Waals surface area contributed by atoms with Gasteiger partial charge in [-0.3, -0.25) is 4.98 Å². The SMILES string of the molecule is OC(c1ccccn1)c1cc2[nH]cnc2c(F)c1Nc1ccc(Br)cc1Cl. The van der Waals surface area contributed by atoms with Gasteiger partial charge in [0.25, 0.3) is 0 Å². The van der Waals surface area contributed by atoms with E-state index in [4.69, 9.17) is 11.6 Å². The molecule has 4 aromatic rings. The van der Waals surface area contributed by atoms with Crippen molar-refractivity contribution in [2.75, 3.05) is 5.32 Å². The standard InChI is InChI=1S/C19H13BrClFN4O/c20-10-4-5-13(12(21)7-10)26-17-11(19(27)14-3-1-2-6-23-14)8-15-18(16(17)22)25-9-24-15/h1-9,19,26-27H,(H,24,25). The summed E-state index contributed by atoms with van der Waals surface area (Å²) in [6.07, 6.45) is 1.84. The molecule has 136 valence electrons. The molecule has 0 spiro atoms. The minimum absolute atomic E-state index is 0.0944. The summed E-state index contributed by atoms with van der Waals surface area (Å²) >= 11 is 9.61. The van der Waals surface area contributed by atoms with Gasteiger partial charge in [0.2, 0.25) is 0 Å². The summed E-state index contributed by atoms with van der Waals surface area (Å²) in [5.41, 5.74) is 1.97. The van der Waals surface area contributed by atoms with E-state index in [-0.39, 0.29) is 11.2 Å². The van der Waals surface area contributed by atoms with Crippen LogP contribution in [0.25, 0.3) is 11.0 Å². The first-order valence-corrected chi connectivity index (χ1v) is 9.18. The molecule has 0 aliphatic rings. The summed E-state index contributed by atoms with van der Waals surface area (Å²) in [6, 6.07) is 12.0. The molecule has 1 unspecified atom stereocenters. The van der Waals surface area contributed by atoms with Gasteiger partial charge in [-0.15, -0.1) is 0 Å². The van der Waals surface area contributed by atoms with Crippen molar-refractivity contribution in [2.45, 2.75) is 6.10 Å². The molecule has 5 nitrogen and oxygen atoms in total. The van der Waals surface area contributed by atoms with E-state index in [1.165, 1.54) is 6.33 Å². The van der Waals surface area contributed by atoms with Crippen LogP contribution in [0.1, 0.15) is 17.4 Å². The quantitative estimate of drug-likeness (QED) is 0.395. The van der Waals surface area contributed by atoms with Crippen molar-refractivity contribution in [3.63, 3.8) is 0 Å². The Hall–Kier alpha value is -2.48. The van der Waals surface area contributed by atoms with E-state index in [0.717, 1.165) is 4.47 Å². The average Bonchev–Trinajstić information content (AvgIpc) is 3.15. The Morgan fingerprint density at radius 3 is 2.78 bits per heavy atom. The third kappa shape index (κ3) is 3.41. The number of fused-ring (bicyclic) bond motifs is 1. The fraction of sp³-hybridized carbons (Fsp3) is 0.0526. The Morgan fingerprint density at radius 2 is 2.04 bits per heavy atom. The predicted molar refractivity (Wildman–Crippen MR) is 107 cm³/mol. The van der Waals surface area contributed by atoms with Gasteiger partial charge < -0.3 is 15.4 Å². The number of anilines is 2. The lowest BCUT2D eigenvalue weighted by atomic mass is 10.0. The largest absolute Gasteiger partial charge is 0.382 e. The zero-order valence-corrected chi connectivity index (χ0v) is 16.1. The monoisotopic (exact) mass is 446 g/mol. The predicted octanol–water partition coefficient (Wildman–Crippen LogP) is 5.34. The summed E-state index contributed by atoms with van der Waals surface area (Å²) in [5.74, 6) is -0.585. The lowest BCUT2D eigenvalue weighted by molar-refractivity contribution is 0.216. The maximum absolute atomic E-state index is 15.2. The Balaban J connectivity index is 1.88. The highest BCUT2D eigenvalue weighted by molar-refractivity contribution is 9.10. The number of hydrogen-bond donors (Lipinski definition) is 3. The molecule has 2 aromatic heterocycles. The number of hydrogen-bond acceptors (Lipinski definition) is 4. The van der Waals surface area contributed by atoms with Crippen LogP contribution in [0.5, 0.6) is 0 Å². The van der Waals surface area contributed by atoms with Crippen molar-refractivity contribution >= 4 is 49.9 Å². The van der Waals surface area contributed by atoms with E-state index in [0.29, 0.717) is 27.5 Å². The van der Waals surface area contributed by atoms with Gasteiger partial charge in [-0.2, -0.15) is 0 Å². The van der Waals surface area contributed by atoms with Gasteiger partial charge in [0, 0.05) is 16.2 Å². The summed E-state index contributed by atoms with van der Waals surface area (Å²) < 4.78 is 16.0.